The Balaban J connectivity index is 1.99. The molecule has 0 aromatic heterocycles. The van der Waals surface area contributed by atoms with E-state index >= 15 is 0 Å². The third kappa shape index (κ3) is 5.30. The Kier molecular flexibility index (Phi) is 6.30. The standard InChI is InChI=1S/C22H30N2/c1-17(8-6-9-18(2)14-20-15-23-16-24-20)11-12-21-19(3)10-7-13-22(21,4)5/h6,8-9,11-12,14,16H,7,10,13,15H2,1-5H3/b9-6+,12-11+,17-8+,18-14+. The van der Waals surface area contributed by atoms with E-state index in [1.54, 1.807) is 11.9 Å². The van der Waals surface area contributed by atoms with Crippen LogP contribution in [0.4, 0.5) is 0 Å². The Hall–Kier alpha value is -1.96. The Morgan fingerprint density at radius 2 is 1.96 bits per heavy atom. The van der Waals surface area contributed by atoms with Crippen molar-refractivity contribution in [2.45, 2.75) is 53.9 Å². The summed E-state index contributed by atoms with van der Waals surface area (Å²) < 4.78 is 0. The van der Waals surface area contributed by atoms with Crippen LogP contribution in [0.5, 0.6) is 0 Å². The molecular weight excluding hydrogens is 292 g/mol. The van der Waals surface area contributed by atoms with Gasteiger partial charge in [-0.1, -0.05) is 55.4 Å². The minimum Gasteiger partial charge on any atom is -0.267 e. The summed E-state index contributed by atoms with van der Waals surface area (Å²) in [5.74, 6) is 0. The summed E-state index contributed by atoms with van der Waals surface area (Å²) in [5, 5.41) is 0. The predicted molar refractivity (Wildman–Crippen MR) is 107 cm³/mol. The summed E-state index contributed by atoms with van der Waals surface area (Å²) in [7, 11) is 0. The lowest BCUT2D eigenvalue weighted by molar-refractivity contribution is 0.377. The average molecular weight is 322 g/mol. The molecule has 128 valence electrons. The molecule has 0 N–H and O–H groups in total. The molecule has 2 nitrogen and oxygen atoms in total. The van der Waals surface area contributed by atoms with Crippen LogP contribution in [-0.2, 0) is 0 Å². The van der Waals surface area contributed by atoms with E-state index in [1.807, 2.05) is 0 Å². The molecule has 1 aliphatic carbocycles. The Morgan fingerprint density at radius 3 is 2.62 bits per heavy atom. The summed E-state index contributed by atoms with van der Waals surface area (Å²) in [4.78, 5) is 8.29. The number of rotatable bonds is 5. The van der Waals surface area contributed by atoms with Crippen molar-refractivity contribution in [2.75, 3.05) is 6.54 Å². The van der Waals surface area contributed by atoms with E-state index in [2.05, 4.69) is 81.1 Å². The van der Waals surface area contributed by atoms with Crippen LogP contribution in [0, 0.1) is 5.41 Å². The highest BCUT2D eigenvalue weighted by Gasteiger charge is 2.26. The SMILES string of the molecule is CC1=C(/C=C/C(C)=C/C=C/C(C)=C/C2=NC=NC2)C(C)(C)CCC1. The van der Waals surface area contributed by atoms with Gasteiger partial charge in [0.2, 0.25) is 0 Å². The van der Waals surface area contributed by atoms with Gasteiger partial charge in [-0.25, -0.2) is 4.99 Å². The smallest absolute Gasteiger partial charge is 0.110 e. The van der Waals surface area contributed by atoms with E-state index in [1.165, 1.54) is 36.0 Å². The quantitative estimate of drug-likeness (QED) is 0.554. The molecule has 2 rings (SSSR count). The van der Waals surface area contributed by atoms with Crippen molar-refractivity contribution in [1.82, 2.24) is 0 Å². The Morgan fingerprint density at radius 1 is 1.17 bits per heavy atom. The average Bonchev–Trinajstić information content (AvgIpc) is 2.98. The van der Waals surface area contributed by atoms with Gasteiger partial charge >= 0.3 is 0 Å². The van der Waals surface area contributed by atoms with E-state index in [-0.39, 0.29) is 0 Å². The van der Waals surface area contributed by atoms with Crippen molar-refractivity contribution in [3.05, 3.63) is 58.7 Å². The van der Waals surface area contributed by atoms with Crippen LogP contribution >= 0.6 is 0 Å². The van der Waals surface area contributed by atoms with Gasteiger partial charge in [-0.05, 0) is 62.7 Å². The van der Waals surface area contributed by atoms with Gasteiger partial charge in [0.05, 0.1) is 12.3 Å². The molecule has 1 aliphatic heterocycles. The van der Waals surface area contributed by atoms with Gasteiger partial charge in [-0.2, -0.15) is 0 Å². The number of aliphatic imine (C=N–C) groups is 2. The van der Waals surface area contributed by atoms with Crippen LogP contribution in [0.15, 0.2) is 68.7 Å². The first-order valence-electron chi connectivity index (χ1n) is 8.85. The second-order valence-corrected chi connectivity index (χ2v) is 7.50. The van der Waals surface area contributed by atoms with E-state index in [0.29, 0.717) is 12.0 Å². The van der Waals surface area contributed by atoms with E-state index in [0.717, 1.165) is 5.71 Å². The lowest BCUT2D eigenvalue weighted by atomic mass is 9.72. The minimum absolute atomic E-state index is 0.304. The van der Waals surface area contributed by atoms with Crippen molar-refractivity contribution in [3.8, 4) is 0 Å². The highest BCUT2D eigenvalue weighted by Crippen LogP contribution is 2.40. The molecule has 24 heavy (non-hydrogen) atoms. The molecule has 1 heterocycles. The molecule has 0 aromatic carbocycles. The van der Waals surface area contributed by atoms with E-state index < -0.39 is 0 Å². The van der Waals surface area contributed by atoms with E-state index in [9.17, 15) is 0 Å². The highest BCUT2D eigenvalue weighted by molar-refractivity contribution is 6.04. The maximum atomic E-state index is 4.20. The van der Waals surface area contributed by atoms with Gasteiger partial charge in [0.1, 0.15) is 6.34 Å². The van der Waals surface area contributed by atoms with Crippen LogP contribution in [0.3, 0.4) is 0 Å². The molecule has 0 radical (unpaired) electrons. The molecular formula is C22H30N2. The third-order valence-electron chi connectivity index (χ3n) is 4.73. The molecule has 0 unspecified atom stereocenters. The van der Waals surface area contributed by atoms with Crippen LogP contribution in [0.25, 0.3) is 0 Å². The minimum atomic E-state index is 0.304. The summed E-state index contributed by atoms with van der Waals surface area (Å²) in [6.45, 7) is 11.9. The lowest BCUT2D eigenvalue weighted by Crippen LogP contribution is -2.19. The zero-order valence-electron chi connectivity index (χ0n) is 15.8. The lowest BCUT2D eigenvalue weighted by Gasteiger charge is -2.32. The van der Waals surface area contributed by atoms with Crippen molar-refractivity contribution in [3.63, 3.8) is 0 Å². The number of nitrogens with zero attached hydrogens (tertiary/aromatic N) is 2. The zero-order valence-corrected chi connectivity index (χ0v) is 15.8. The van der Waals surface area contributed by atoms with Crippen LogP contribution < -0.4 is 0 Å². The second kappa shape index (κ2) is 8.23. The summed E-state index contributed by atoms with van der Waals surface area (Å²) >= 11 is 0. The summed E-state index contributed by atoms with van der Waals surface area (Å²) in [5.41, 5.74) is 6.85. The maximum absolute atomic E-state index is 4.20. The van der Waals surface area contributed by atoms with Crippen molar-refractivity contribution < 1.29 is 0 Å². The number of hydrogen-bond donors (Lipinski definition) is 0. The maximum Gasteiger partial charge on any atom is 0.110 e. The molecule has 0 spiro atoms. The van der Waals surface area contributed by atoms with Crippen molar-refractivity contribution in [2.24, 2.45) is 15.4 Å². The molecule has 0 fully saturated rings. The normalized spacial score (nSPS) is 22.1. The number of allylic oxidation sites excluding steroid dienone is 9. The molecule has 0 aromatic rings. The first kappa shape index (κ1) is 18.4. The monoisotopic (exact) mass is 322 g/mol. The van der Waals surface area contributed by atoms with Gasteiger partial charge < -0.3 is 0 Å². The first-order chi connectivity index (χ1) is 11.4. The fraction of sp³-hybridized carbons (Fsp3) is 0.455. The molecule has 0 saturated heterocycles. The van der Waals surface area contributed by atoms with Crippen LogP contribution in [0.1, 0.15) is 53.9 Å². The van der Waals surface area contributed by atoms with Crippen molar-refractivity contribution >= 4 is 12.1 Å². The summed E-state index contributed by atoms with van der Waals surface area (Å²) in [6, 6.07) is 0. The molecule has 0 bridgehead atoms. The predicted octanol–water partition coefficient (Wildman–Crippen LogP) is 6.00. The van der Waals surface area contributed by atoms with E-state index in [4.69, 9.17) is 0 Å². The highest BCUT2D eigenvalue weighted by atomic mass is 14.9. The molecule has 0 atom stereocenters. The third-order valence-corrected chi connectivity index (χ3v) is 4.73. The second-order valence-electron chi connectivity index (χ2n) is 7.50. The fourth-order valence-corrected chi connectivity index (χ4v) is 3.32. The fourth-order valence-electron chi connectivity index (χ4n) is 3.32. The Bertz CT molecular complexity index is 677. The van der Waals surface area contributed by atoms with Gasteiger partial charge in [0.25, 0.3) is 0 Å². The topological polar surface area (TPSA) is 24.7 Å². The van der Waals surface area contributed by atoms with Gasteiger partial charge in [-0.3, -0.25) is 4.99 Å². The van der Waals surface area contributed by atoms with Crippen LogP contribution in [0.2, 0.25) is 0 Å². The molecule has 2 heteroatoms. The molecule has 0 amide bonds. The van der Waals surface area contributed by atoms with Gasteiger partial charge in [0.15, 0.2) is 0 Å². The molecule has 2 aliphatic rings. The first-order valence-corrected chi connectivity index (χ1v) is 8.85. The number of hydrogen-bond acceptors (Lipinski definition) is 2. The molecule has 0 saturated carbocycles. The van der Waals surface area contributed by atoms with Crippen molar-refractivity contribution in [1.29, 1.82) is 0 Å². The zero-order chi connectivity index (χ0) is 17.6. The van der Waals surface area contributed by atoms with Crippen LogP contribution in [-0.4, -0.2) is 18.6 Å². The van der Waals surface area contributed by atoms with Gasteiger partial charge in [0, 0.05) is 0 Å². The Labute approximate surface area is 147 Å². The largest absolute Gasteiger partial charge is 0.267 e. The summed E-state index contributed by atoms with van der Waals surface area (Å²) in [6.07, 6.45) is 18.5. The van der Waals surface area contributed by atoms with Gasteiger partial charge in [-0.15, -0.1) is 0 Å².